The van der Waals surface area contributed by atoms with Crippen LogP contribution in [0.25, 0.3) is 0 Å². The third-order valence-corrected chi connectivity index (χ3v) is 1.67. The SMILES string of the molecule is CCCCC(C)=C1CO1. The van der Waals surface area contributed by atoms with Crippen molar-refractivity contribution in [3.05, 3.63) is 11.3 Å². The van der Waals surface area contributed by atoms with Crippen molar-refractivity contribution in [3.8, 4) is 0 Å². The fourth-order valence-corrected chi connectivity index (χ4v) is 0.864. The van der Waals surface area contributed by atoms with Gasteiger partial charge in [0.15, 0.2) is 0 Å². The number of hydrogen-bond acceptors (Lipinski definition) is 1. The van der Waals surface area contributed by atoms with E-state index < -0.39 is 0 Å². The normalized spacial score (nSPS) is 21.1. The van der Waals surface area contributed by atoms with E-state index in [4.69, 9.17) is 4.74 Å². The van der Waals surface area contributed by atoms with Gasteiger partial charge >= 0.3 is 0 Å². The second-order valence-electron chi connectivity index (χ2n) is 2.60. The van der Waals surface area contributed by atoms with E-state index in [-0.39, 0.29) is 0 Å². The van der Waals surface area contributed by atoms with Gasteiger partial charge in [0, 0.05) is 0 Å². The lowest BCUT2D eigenvalue weighted by Crippen LogP contribution is -1.76. The zero-order valence-electron chi connectivity index (χ0n) is 6.24. The Labute approximate surface area is 56.7 Å². The zero-order valence-corrected chi connectivity index (χ0v) is 6.24. The smallest absolute Gasteiger partial charge is 0.145 e. The molecule has 0 unspecified atom stereocenters. The maximum atomic E-state index is 5.05. The summed E-state index contributed by atoms with van der Waals surface area (Å²) in [4.78, 5) is 0. The van der Waals surface area contributed by atoms with E-state index in [1.807, 2.05) is 0 Å². The quantitative estimate of drug-likeness (QED) is 0.529. The molecule has 0 bridgehead atoms. The Bertz CT molecular complexity index is 119. The van der Waals surface area contributed by atoms with Crippen molar-refractivity contribution >= 4 is 0 Å². The van der Waals surface area contributed by atoms with E-state index in [9.17, 15) is 0 Å². The Hall–Kier alpha value is -0.460. The van der Waals surface area contributed by atoms with Crippen molar-refractivity contribution in [2.45, 2.75) is 33.1 Å². The number of ether oxygens (including phenoxy) is 1. The van der Waals surface area contributed by atoms with E-state index >= 15 is 0 Å². The van der Waals surface area contributed by atoms with E-state index in [2.05, 4.69) is 13.8 Å². The molecule has 1 aliphatic rings. The molecule has 1 rings (SSSR count). The van der Waals surface area contributed by atoms with Crippen LogP contribution in [0.3, 0.4) is 0 Å². The van der Waals surface area contributed by atoms with Gasteiger partial charge in [-0.3, -0.25) is 0 Å². The van der Waals surface area contributed by atoms with Gasteiger partial charge in [0.2, 0.25) is 0 Å². The van der Waals surface area contributed by atoms with Crippen LogP contribution in [0, 0.1) is 0 Å². The van der Waals surface area contributed by atoms with Gasteiger partial charge in [-0.05, 0) is 25.3 Å². The van der Waals surface area contributed by atoms with Gasteiger partial charge in [0.1, 0.15) is 12.4 Å². The monoisotopic (exact) mass is 126 g/mol. The second kappa shape index (κ2) is 2.90. The lowest BCUT2D eigenvalue weighted by atomic mass is 10.1. The van der Waals surface area contributed by atoms with E-state index in [0.717, 1.165) is 6.61 Å². The molecule has 1 heteroatoms. The Kier molecular flexibility index (Phi) is 2.15. The summed E-state index contributed by atoms with van der Waals surface area (Å²) in [7, 11) is 0. The molecule has 0 amide bonds. The van der Waals surface area contributed by atoms with Gasteiger partial charge in [-0.15, -0.1) is 0 Å². The molecule has 0 aliphatic carbocycles. The summed E-state index contributed by atoms with van der Waals surface area (Å²) in [5.74, 6) is 1.24. The lowest BCUT2D eigenvalue weighted by Gasteiger charge is -1.93. The Morgan fingerprint density at radius 3 is 2.78 bits per heavy atom. The van der Waals surface area contributed by atoms with Crippen LogP contribution >= 0.6 is 0 Å². The van der Waals surface area contributed by atoms with Crippen LogP contribution in [0.4, 0.5) is 0 Å². The molecular weight excluding hydrogens is 112 g/mol. The minimum Gasteiger partial charge on any atom is -0.486 e. The van der Waals surface area contributed by atoms with E-state index in [1.54, 1.807) is 0 Å². The summed E-state index contributed by atoms with van der Waals surface area (Å²) in [6.45, 7) is 5.28. The molecule has 9 heavy (non-hydrogen) atoms. The fourth-order valence-electron chi connectivity index (χ4n) is 0.864. The van der Waals surface area contributed by atoms with Gasteiger partial charge in [-0.25, -0.2) is 0 Å². The highest BCUT2D eigenvalue weighted by molar-refractivity contribution is 5.13. The minimum absolute atomic E-state index is 0.898. The molecule has 1 aliphatic heterocycles. The maximum absolute atomic E-state index is 5.05. The summed E-state index contributed by atoms with van der Waals surface area (Å²) in [6.07, 6.45) is 3.81. The Morgan fingerprint density at radius 2 is 2.33 bits per heavy atom. The third-order valence-electron chi connectivity index (χ3n) is 1.67. The first-order valence-corrected chi connectivity index (χ1v) is 3.66. The lowest BCUT2D eigenvalue weighted by molar-refractivity contribution is 0.505. The fraction of sp³-hybridized carbons (Fsp3) is 0.750. The first-order chi connectivity index (χ1) is 4.34. The summed E-state index contributed by atoms with van der Waals surface area (Å²) in [5, 5.41) is 0. The van der Waals surface area contributed by atoms with Crippen LogP contribution < -0.4 is 0 Å². The van der Waals surface area contributed by atoms with Gasteiger partial charge in [0.25, 0.3) is 0 Å². The van der Waals surface area contributed by atoms with Gasteiger partial charge in [0.05, 0.1) is 0 Å². The average molecular weight is 126 g/mol. The first kappa shape index (κ1) is 6.66. The highest BCUT2D eigenvalue weighted by atomic mass is 16.6. The molecule has 52 valence electrons. The predicted octanol–water partition coefficient (Wildman–Crippen LogP) is 2.48. The van der Waals surface area contributed by atoms with Crippen LogP contribution in [0.2, 0.25) is 0 Å². The summed E-state index contributed by atoms with van der Waals surface area (Å²) in [6, 6.07) is 0. The average Bonchev–Trinajstić information content (AvgIpc) is 2.63. The van der Waals surface area contributed by atoms with Crippen molar-refractivity contribution in [2.24, 2.45) is 0 Å². The largest absolute Gasteiger partial charge is 0.486 e. The van der Waals surface area contributed by atoms with Crippen molar-refractivity contribution in [2.75, 3.05) is 6.61 Å². The number of epoxide rings is 1. The topological polar surface area (TPSA) is 12.5 Å². The van der Waals surface area contributed by atoms with Crippen molar-refractivity contribution in [1.29, 1.82) is 0 Å². The number of rotatable bonds is 3. The van der Waals surface area contributed by atoms with Crippen LogP contribution in [-0.2, 0) is 4.74 Å². The van der Waals surface area contributed by atoms with Crippen LogP contribution in [-0.4, -0.2) is 6.61 Å². The van der Waals surface area contributed by atoms with Crippen molar-refractivity contribution in [1.82, 2.24) is 0 Å². The molecule has 0 N–H and O–H groups in total. The van der Waals surface area contributed by atoms with Crippen molar-refractivity contribution < 1.29 is 4.74 Å². The van der Waals surface area contributed by atoms with Gasteiger partial charge in [-0.1, -0.05) is 13.3 Å². The van der Waals surface area contributed by atoms with E-state index in [1.165, 1.54) is 30.6 Å². The third kappa shape index (κ3) is 2.08. The number of unbranched alkanes of at least 4 members (excludes halogenated alkanes) is 1. The maximum Gasteiger partial charge on any atom is 0.145 e. The van der Waals surface area contributed by atoms with E-state index in [0.29, 0.717) is 0 Å². The first-order valence-electron chi connectivity index (χ1n) is 3.66. The van der Waals surface area contributed by atoms with Gasteiger partial charge in [-0.2, -0.15) is 0 Å². The van der Waals surface area contributed by atoms with Crippen molar-refractivity contribution in [3.63, 3.8) is 0 Å². The molecule has 1 fully saturated rings. The summed E-state index contributed by atoms with van der Waals surface area (Å²) >= 11 is 0. The predicted molar refractivity (Wildman–Crippen MR) is 38.2 cm³/mol. The highest BCUT2D eigenvalue weighted by Gasteiger charge is 2.15. The standard InChI is InChI=1S/C8H14O/c1-3-4-5-7(2)8-6-9-8/h3-6H2,1-2H3. The highest BCUT2D eigenvalue weighted by Crippen LogP contribution is 2.22. The van der Waals surface area contributed by atoms with Crippen LogP contribution in [0.15, 0.2) is 11.3 Å². The molecule has 0 saturated carbocycles. The number of allylic oxidation sites excluding steroid dienone is 1. The minimum atomic E-state index is 0.898. The molecule has 0 atom stereocenters. The van der Waals surface area contributed by atoms with Gasteiger partial charge < -0.3 is 4.74 Å². The van der Waals surface area contributed by atoms with Crippen LogP contribution in [0.5, 0.6) is 0 Å². The number of hydrogen-bond donors (Lipinski definition) is 0. The molecule has 0 aromatic rings. The molecule has 1 nitrogen and oxygen atoms in total. The summed E-state index contributed by atoms with van der Waals surface area (Å²) in [5.41, 5.74) is 1.46. The summed E-state index contributed by atoms with van der Waals surface area (Å²) < 4.78 is 5.05. The molecule has 0 radical (unpaired) electrons. The molecule has 1 saturated heterocycles. The van der Waals surface area contributed by atoms with Crippen LogP contribution in [0.1, 0.15) is 33.1 Å². The molecule has 1 heterocycles. The zero-order chi connectivity index (χ0) is 6.69. The molecule has 0 aromatic heterocycles. The molecule has 0 aromatic carbocycles. The Balaban J connectivity index is 2.18. The second-order valence-corrected chi connectivity index (χ2v) is 2.60. The molecule has 0 spiro atoms. The Morgan fingerprint density at radius 1 is 1.67 bits per heavy atom. The molecular formula is C8H14O.